The summed E-state index contributed by atoms with van der Waals surface area (Å²) in [5.74, 6) is 0.259. The van der Waals surface area contributed by atoms with Gasteiger partial charge in [0.15, 0.2) is 5.78 Å². The summed E-state index contributed by atoms with van der Waals surface area (Å²) in [6, 6.07) is 8.28. The number of hydrogen-bond acceptors (Lipinski definition) is 3. The van der Waals surface area contributed by atoms with E-state index in [9.17, 15) is 4.79 Å². The number of carbonyl (C=O) groups is 1. The molecule has 2 aliphatic rings. The van der Waals surface area contributed by atoms with Crippen LogP contribution in [0.2, 0.25) is 0 Å². The quantitative estimate of drug-likeness (QED) is 0.850. The van der Waals surface area contributed by atoms with E-state index in [1.54, 1.807) is 0 Å². The molecule has 1 heterocycles. The number of rotatable bonds is 4. The van der Waals surface area contributed by atoms with Gasteiger partial charge in [0.1, 0.15) is 0 Å². The van der Waals surface area contributed by atoms with Crippen LogP contribution in [0.4, 0.5) is 0 Å². The molecule has 1 aliphatic heterocycles. The molecule has 1 aromatic rings. The molecule has 0 bridgehead atoms. The topological polar surface area (TPSA) is 29.1 Å². The first-order chi connectivity index (χ1) is 9.33. The molecule has 3 heteroatoms. The first-order valence-corrected chi connectivity index (χ1v) is 8.25. The molecule has 0 aromatic heterocycles. The lowest BCUT2D eigenvalue weighted by Crippen LogP contribution is -2.30. The summed E-state index contributed by atoms with van der Waals surface area (Å²) in [5.41, 5.74) is 0.857. The minimum atomic E-state index is 0.0494. The Kier molecular flexibility index (Phi) is 4.24. The fourth-order valence-corrected chi connectivity index (χ4v) is 4.25. The number of benzene rings is 1. The van der Waals surface area contributed by atoms with E-state index in [0.717, 1.165) is 30.2 Å². The predicted octanol–water partition coefficient (Wildman–Crippen LogP) is 3.66. The van der Waals surface area contributed by atoms with Gasteiger partial charge in [0.25, 0.3) is 0 Å². The van der Waals surface area contributed by atoms with Crippen LogP contribution in [-0.4, -0.2) is 23.6 Å². The van der Waals surface area contributed by atoms with Crippen molar-refractivity contribution in [1.29, 1.82) is 0 Å². The third kappa shape index (κ3) is 3.21. The van der Waals surface area contributed by atoms with E-state index in [4.69, 9.17) is 0 Å². The molecule has 1 atom stereocenters. The lowest BCUT2D eigenvalue weighted by Gasteiger charge is -2.11. The van der Waals surface area contributed by atoms with Crippen LogP contribution in [0, 0.1) is 0 Å². The summed E-state index contributed by atoms with van der Waals surface area (Å²) in [7, 11) is 0. The highest BCUT2D eigenvalue weighted by atomic mass is 32.2. The minimum absolute atomic E-state index is 0.0494. The summed E-state index contributed by atoms with van der Waals surface area (Å²) in [5, 5.41) is 4.06. The van der Waals surface area contributed by atoms with E-state index in [1.165, 1.54) is 30.6 Å². The number of Topliss-reactive ketones (excluding diaryl/α,β-unsaturated/α-hetero) is 1. The zero-order valence-electron chi connectivity index (χ0n) is 11.2. The molecule has 3 rings (SSSR count). The molecule has 1 aromatic carbocycles. The second-order valence-electron chi connectivity index (χ2n) is 5.56. The monoisotopic (exact) mass is 275 g/mol. The van der Waals surface area contributed by atoms with Crippen LogP contribution in [-0.2, 0) is 0 Å². The molecule has 0 amide bonds. The zero-order valence-corrected chi connectivity index (χ0v) is 12.0. The number of carbonyl (C=O) groups excluding carboxylic acids is 1. The first kappa shape index (κ1) is 13.2. The van der Waals surface area contributed by atoms with Crippen molar-refractivity contribution in [2.45, 2.75) is 54.7 Å². The normalized spacial score (nSPS) is 23.9. The molecule has 1 N–H and O–H groups in total. The van der Waals surface area contributed by atoms with Gasteiger partial charge in [0.05, 0.1) is 6.04 Å². The van der Waals surface area contributed by atoms with Gasteiger partial charge < -0.3 is 5.32 Å². The van der Waals surface area contributed by atoms with E-state index < -0.39 is 0 Å². The highest BCUT2D eigenvalue weighted by Gasteiger charge is 2.23. The zero-order chi connectivity index (χ0) is 13.1. The van der Waals surface area contributed by atoms with Gasteiger partial charge in [-0.2, -0.15) is 0 Å². The van der Waals surface area contributed by atoms with E-state index in [1.807, 2.05) is 23.9 Å². The maximum Gasteiger partial charge on any atom is 0.179 e. The van der Waals surface area contributed by atoms with Crippen molar-refractivity contribution in [1.82, 2.24) is 5.32 Å². The lowest BCUT2D eigenvalue weighted by atomic mass is 10.0. The Balaban J connectivity index is 1.62. The fourth-order valence-electron chi connectivity index (χ4n) is 3.01. The number of hydrogen-bond donors (Lipinski definition) is 1. The van der Waals surface area contributed by atoms with Crippen LogP contribution >= 0.6 is 11.8 Å². The highest BCUT2D eigenvalue weighted by molar-refractivity contribution is 8.00. The van der Waals surface area contributed by atoms with Crippen LogP contribution in [0.5, 0.6) is 0 Å². The highest BCUT2D eigenvalue weighted by Crippen LogP contribution is 2.34. The van der Waals surface area contributed by atoms with Gasteiger partial charge in [-0.1, -0.05) is 25.0 Å². The molecule has 0 spiro atoms. The van der Waals surface area contributed by atoms with Crippen LogP contribution < -0.4 is 5.32 Å². The van der Waals surface area contributed by atoms with E-state index in [2.05, 4.69) is 17.4 Å². The fraction of sp³-hybridized carbons (Fsp3) is 0.562. The summed E-state index contributed by atoms with van der Waals surface area (Å²) >= 11 is 1.98. The average Bonchev–Trinajstić information content (AvgIpc) is 3.12. The molecule has 1 aliphatic carbocycles. The lowest BCUT2D eigenvalue weighted by molar-refractivity contribution is 0.0952. The average molecular weight is 275 g/mol. The second kappa shape index (κ2) is 6.10. The van der Waals surface area contributed by atoms with Gasteiger partial charge in [-0.25, -0.2) is 0 Å². The van der Waals surface area contributed by atoms with E-state index in [-0.39, 0.29) is 11.8 Å². The Morgan fingerprint density at radius 1 is 1.05 bits per heavy atom. The third-order valence-electron chi connectivity index (χ3n) is 4.12. The van der Waals surface area contributed by atoms with Crippen LogP contribution in [0.25, 0.3) is 0 Å². The van der Waals surface area contributed by atoms with Crippen molar-refractivity contribution in [3.63, 3.8) is 0 Å². The maximum atomic E-state index is 12.2. The Morgan fingerprint density at radius 3 is 2.42 bits per heavy atom. The number of ketones is 1. The minimum Gasteiger partial charge on any atom is -0.307 e. The van der Waals surface area contributed by atoms with Crippen molar-refractivity contribution in [3.05, 3.63) is 29.8 Å². The van der Waals surface area contributed by atoms with Crippen molar-refractivity contribution in [2.75, 3.05) is 6.54 Å². The summed E-state index contributed by atoms with van der Waals surface area (Å²) in [6.07, 6.45) is 7.54. The molecule has 19 heavy (non-hydrogen) atoms. The van der Waals surface area contributed by atoms with Crippen molar-refractivity contribution in [3.8, 4) is 0 Å². The maximum absolute atomic E-state index is 12.2. The molecule has 1 saturated heterocycles. The smallest absolute Gasteiger partial charge is 0.179 e. The standard InChI is InChI=1S/C16H21NOS/c18-16(15-6-3-11-17-15)12-7-9-14(10-8-12)19-13-4-1-2-5-13/h7-10,13,15,17H,1-6,11H2. The van der Waals surface area contributed by atoms with Gasteiger partial charge in [-0.05, 0) is 44.4 Å². The Bertz CT molecular complexity index is 431. The third-order valence-corrected chi connectivity index (χ3v) is 5.47. The molecule has 2 fully saturated rings. The molecule has 102 valence electrons. The Morgan fingerprint density at radius 2 is 1.79 bits per heavy atom. The molecular formula is C16H21NOS. The van der Waals surface area contributed by atoms with Crippen LogP contribution in [0.1, 0.15) is 48.9 Å². The molecular weight excluding hydrogens is 254 g/mol. The van der Waals surface area contributed by atoms with Crippen molar-refractivity contribution < 1.29 is 4.79 Å². The summed E-state index contributed by atoms with van der Waals surface area (Å²) in [6.45, 7) is 0.978. The van der Waals surface area contributed by atoms with Crippen LogP contribution in [0.3, 0.4) is 0 Å². The van der Waals surface area contributed by atoms with Crippen LogP contribution in [0.15, 0.2) is 29.2 Å². The molecule has 0 radical (unpaired) electrons. The second-order valence-corrected chi connectivity index (χ2v) is 6.94. The van der Waals surface area contributed by atoms with Crippen molar-refractivity contribution in [2.24, 2.45) is 0 Å². The van der Waals surface area contributed by atoms with Gasteiger partial charge in [-0.3, -0.25) is 4.79 Å². The van der Waals surface area contributed by atoms with E-state index >= 15 is 0 Å². The van der Waals surface area contributed by atoms with Crippen molar-refractivity contribution >= 4 is 17.5 Å². The van der Waals surface area contributed by atoms with Gasteiger partial charge in [-0.15, -0.1) is 11.8 Å². The molecule has 2 nitrogen and oxygen atoms in total. The van der Waals surface area contributed by atoms with Gasteiger partial charge in [0.2, 0.25) is 0 Å². The number of thioether (sulfide) groups is 1. The Hall–Kier alpha value is -0.800. The largest absolute Gasteiger partial charge is 0.307 e. The van der Waals surface area contributed by atoms with E-state index in [0.29, 0.717) is 0 Å². The predicted molar refractivity (Wildman–Crippen MR) is 79.9 cm³/mol. The number of nitrogens with one attached hydrogen (secondary N) is 1. The van der Waals surface area contributed by atoms with Gasteiger partial charge in [0, 0.05) is 15.7 Å². The SMILES string of the molecule is O=C(c1ccc(SC2CCCC2)cc1)C1CCCN1. The first-order valence-electron chi connectivity index (χ1n) is 7.37. The Labute approximate surface area is 119 Å². The summed E-state index contributed by atoms with van der Waals surface area (Å²) in [4.78, 5) is 13.5. The molecule has 1 saturated carbocycles. The van der Waals surface area contributed by atoms with Gasteiger partial charge >= 0.3 is 0 Å². The summed E-state index contributed by atoms with van der Waals surface area (Å²) < 4.78 is 0. The molecule has 1 unspecified atom stereocenters.